The fraction of sp³-hybridized carbons (Fsp3) is 0.649. The van der Waals surface area contributed by atoms with E-state index in [1.165, 1.54) is 29.2 Å². The molecule has 5 aliphatic heterocycles. The largest absolute Gasteiger partial charge is 0.475 e. The van der Waals surface area contributed by atoms with Crippen LogP contribution in [0.25, 0.3) is 0 Å². The molecule has 0 aromatic rings. The summed E-state index contributed by atoms with van der Waals surface area (Å²) < 4.78 is 0. The number of imide groups is 2. The van der Waals surface area contributed by atoms with Crippen LogP contribution in [0.4, 0.5) is 0 Å². The van der Waals surface area contributed by atoms with E-state index in [-0.39, 0.29) is 85.0 Å². The molecule has 0 spiro atoms. The zero-order valence-corrected chi connectivity index (χ0v) is 31.7. The Kier molecular flexibility index (Phi) is 16.9. The summed E-state index contributed by atoms with van der Waals surface area (Å²) in [7, 11) is -1.53. The minimum absolute atomic E-state index is 0.0526. The van der Waals surface area contributed by atoms with Gasteiger partial charge in [-0.1, -0.05) is 0 Å². The van der Waals surface area contributed by atoms with Crippen LogP contribution >= 0.6 is 0 Å². The van der Waals surface area contributed by atoms with Gasteiger partial charge in [0.05, 0.1) is 24.1 Å². The average Bonchev–Trinajstić information content (AvgIpc) is 4.03. The zero-order chi connectivity index (χ0) is 40.8. The summed E-state index contributed by atoms with van der Waals surface area (Å²) in [4.78, 5) is 100. The van der Waals surface area contributed by atoms with E-state index in [1.54, 1.807) is 4.90 Å². The van der Waals surface area contributed by atoms with Crippen LogP contribution in [0.1, 0.15) is 83.5 Å². The maximum absolute atomic E-state index is 12.7. The first kappa shape index (κ1) is 44.0. The minimum atomic E-state index is -1.53. The Labute approximate surface area is 326 Å². The molecule has 5 aliphatic rings. The summed E-state index contributed by atoms with van der Waals surface area (Å²) in [5.41, 5.74) is 5.95. The lowest BCUT2D eigenvalue weighted by atomic mass is 9.77. The highest BCUT2D eigenvalue weighted by atomic mass is 16.4. The quantitative estimate of drug-likeness (QED) is 0.0600. The number of amides is 7. The lowest BCUT2D eigenvalue weighted by Gasteiger charge is -2.26. The van der Waals surface area contributed by atoms with E-state index >= 15 is 0 Å². The van der Waals surface area contributed by atoms with Crippen molar-refractivity contribution >= 4 is 54.3 Å². The Hall–Kier alpha value is -4.77. The molecule has 0 aromatic heterocycles. The molecule has 0 unspecified atom stereocenters. The van der Waals surface area contributed by atoms with Gasteiger partial charge in [-0.05, 0) is 76.7 Å². The second-order valence-electron chi connectivity index (χ2n) is 14.8. The number of nitrogens with zero attached hydrogens (tertiary/aromatic N) is 5. The number of carbonyl (C=O) groups is 8. The van der Waals surface area contributed by atoms with Crippen molar-refractivity contribution in [1.82, 2.24) is 30.2 Å². The van der Waals surface area contributed by atoms with Crippen LogP contribution in [0.15, 0.2) is 24.3 Å². The van der Waals surface area contributed by atoms with Gasteiger partial charge in [0.15, 0.2) is 0 Å². The molecule has 18 nitrogen and oxygen atoms in total. The third-order valence-corrected chi connectivity index (χ3v) is 10.7. The molecule has 3 fully saturated rings. The summed E-state index contributed by atoms with van der Waals surface area (Å²) in [5, 5.41) is 33.8. The van der Waals surface area contributed by atoms with E-state index in [2.05, 4.69) is 16.7 Å². The van der Waals surface area contributed by atoms with Crippen molar-refractivity contribution in [3.63, 3.8) is 0 Å². The number of rotatable bonds is 18. The normalized spacial score (nSPS) is 23.5. The van der Waals surface area contributed by atoms with E-state index in [1.807, 2.05) is 0 Å². The fourth-order valence-corrected chi connectivity index (χ4v) is 7.59. The number of carbonyl (C=O) groups excluding carboxylic acids is 8. The third kappa shape index (κ3) is 12.4. The van der Waals surface area contributed by atoms with Crippen molar-refractivity contribution in [3.8, 4) is 6.07 Å². The van der Waals surface area contributed by atoms with Crippen molar-refractivity contribution < 1.29 is 48.4 Å². The molecule has 0 radical (unpaired) electrons. The Balaban J connectivity index is 0.000000249. The van der Waals surface area contributed by atoms with Gasteiger partial charge < -0.3 is 36.2 Å². The van der Waals surface area contributed by atoms with E-state index in [4.69, 9.17) is 11.0 Å². The summed E-state index contributed by atoms with van der Waals surface area (Å²) in [6.45, 7) is 2.62. The Morgan fingerprint density at radius 2 is 1.46 bits per heavy atom. The second-order valence-corrected chi connectivity index (χ2v) is 14.8. The van der Waals surface area contributed by atoms with E-state index in [0.29, 0.717) is 84.0 Å². The van der Waals surface area contributed by atoms with Crippen molar-refractivity contribution in [2.24, 2.45) is 11.7 Å². The van der Waals surface area contributed by atoms with Gasteiger partial charge in [0.1, 0.15) is 11.8 Å². The van der Waals surface area contributed by atoms with Gasteiger partial charge in [-0.25, -0.2) is 0 Å². The average molecular weight is 781 g/mol. The van der Waals surface area contributed by atoms with Gasteiger partial charge in [-0.15, -0.1) is 0 Å². The van der Waals surface area contributed by atoms with Crippen LogP contribution < -0.4 is 16.4 Å². The Morgan fingerprint density at radius 3 is 2.07 bits per heavy atom. The highest BCUT2D eigenvalue weighted by Crippen LogP contribution is 2.25. The Bertz CT molecular complexity index is 1560. The number of unbranched alkanes of at least 4 members (excludes halogenated alkanes) is 1. The summed E-state index contributed by atoms with van der Waals surface area (Å²) >= 11 is 0. The topological polar surface area (TPSA) is 264 Å². The summed E-state index contributed by atoms with van der Waals surface area (Å²) in [6, 6.07) is 0.758. The van der Waals surface area contributed by atoms with Crippen molar-refractivity contribution in [3.05, 3.63) is 24.3 Å². The monoisotopic (exact) mass is 780 g/mol. The molecule has 3 saturated heterocycles. The molecule has 19 heteroatoms. The van der Waals surface area contributed by atoms with Crippen LogP contribution in [-0.2, 0) is 38.4 Å². The standard InChI is InChI=1S/C19H27N5O4.C18H26BN3O6/c20-13-14-5-3-11-23(14)19(28)15(21)6-1-2-10-22-16(25)7-4-12-24-17(26)8-9-18(24)27;23-13(3-1-8-22-16(24)5-6-17(22)25)9-12-10-14(20-11-12)18(26)21-7-2-4-15(21)19(27)28/h8-9,14-15H,1-7,10-12,21H2,(H,22,25);5-6,12,14-15,20,27-28H,1-4,7-11H2/t14-,15-;12-,14+,15+/m01/s1. The molecule has 0 aromatic carbocycles. The molecule has 0 saturated carbocycles. The number of nitriles is 1. The number of ketones is 1. The third-order valence-electron chi connectivity index (χ3n) is 10.7. The zero-order valence-electron chi connectivity index (χ0n) is 31.7. The molecular weight excluding hydrogens is 727 g/mol. The second kappa shape index (κ2) is 21.5. The fourth-order valence-electron chi connectivity index (χ4n) is 7.59. The predicted molar refractivity (Wildman–Crippen MR) is 200 cm³/mol. The number of nitrogens with one attached hydrogen (secondary N) is 2. The molecule has 5 heterocycles. The first-order chi connectivity index (χ1) is 26.8. The van der Waals surface area contributed by atoms with Gasteiger partial charge in [0.25, 0.3) is 23.6 Å². The SMILES string of the molecule is N#C[C@@H]1CCCN1C(=O)[C@@H](N)CCCCNC(=O)CCCN1C(=O)C=CC1=O.O=C(CCCN1C(=O)C=CC1=O)C[C@H]1CN[C@H](C(=O)N2CCC[C@H]2B(O)O)C1. The maximum Gasteiger partial charge on any atom is 0.475 e. The number of likely N-dealkylation sites (tertiary alicyclic amines) is 2. The molecule has 5 rings (SSSR count). The highest BCUT2D eigenvalue weighted by Gasteiger charge is 2.41. The molecule has 5 atom stereocenters. The number of nitrogens with two attached hydrogens (primary N) is 1. The van der Waals surface area contributed by atoms with E-state index in [9.17, 15) is 48.4 Å². The first-order valence-corrected chi connectivity index (χ1v) is 19.5. The van der Waals surface area contributed by atoms with Crippen molar-refractivity contribution in [1.29, 1.82) is 5.26 Å². The highest BCUT2D eigenvalue weighted by molar-refractivity contribution is 6.43. The van der Waals surface area contributed by atoms with Crippen molar-refractivity contribution in [2.45, 2.75) is 108 Å². The molecule has 0 aliphatic carbocycles. The number of Topliss-reactive ketones (excluding diaryl/α,β-unsaturated/α-hetero) is 1. The Morgan fingerprint density at radius 1 is 0.875 bits per heavy atom. The number of hydrogen-bond acceptors (Lipinski definition) is 13. The smallest absolute Gasteiger partial charge is 0.426 e. The van der Waals surface area contributed by atoms with Crippen LogP contribution in [0.2, 0.25) is 0 Å². The van der Waals surface area contributed by atoms with Gasteiger partial charge in [0.2, 0.25) is 17.7 Å². The predicted octanol–water partition coefficient (Wildman–Crippen LogP) is -1.55. The van der Waals surface area contributed by atoms with Crippen LogP contribution in [0.3, 0.4) is 0 Å². The summed E-state index contributed by atoms with van der Waals surface area (Å²) in [6.07, 6.45) is 11.9. The lowest BCUT2D eigenvalue weighted by molar-refractivity contribution is -0.138. The molecule has 304 valence electrons. The maximum atomic E-state index is 12.7. The van der Waals surface area contributed by atoms with Gasteiger partial charge >= 0.3 is 7.12 Å². The molecule has 0 bridgehead atoms. The summed E-state index contributed by atoms with van der Waals surface area (Å²) in [5.74, 6) is -2.26. The van der Waals surface area contributed by atoms with Gasteiger partial charge in [-0.2, -0.15) is 5.26 Å². The molecule has 6 N–H and O–H groups in total. The van der Waals surface area contributed by atoms with Crippen LogP contribution in [0.5, 0.6) is 0 Å². The molecular formula is C37H53BN8O10. The van der Waals surface area contributed by atoms with E-state index < -0.39 is 25.1 Å². The number of hydrogen-bond donors (Lipinski definition) is 5. The van der Waals surface area contributed by atoms with Crippen LogP contribution in [0, 0.1) is 17.2 Å². The molecule has 56 heavy (non-hydrogen) atoms. The lowest BCUT2D eigenvalue weighted by Crippen LogP contribution is -2.51. The molecule has 7 amide bonds. The first-order valence-electron chi connectivity index (χ1n) is 19.5. The minimum Gasteiger partial charge on any atom is -0.426 e. The van der Waals surface area contributed by atoms with Crippen LogP contribution in [-0.4, -0.2) is 147 Å². The van der Waals surface area contributed by atoms with Gasteiger partial charge in [-0.3, -0.25) is 48.2 Å². The van der Waals surface area contributed by atoms with E-state index in [0.717, 1.165) is 22.6 Å². The van der Waals surface area contributed by atoms with Crippen molar-refractivity contribution in [2.75, 3.05) is 39.3 Å². The van der Waals surface area contributed by atoms with Gasteiger partial charge in [0, 0.05) is 76.3 Å².